The van der Waals surface area contributed by atoms with Crippen molar-refractivity contribution in [2.24, 2.45) is 30.6 Å². The molecule has 2 aliphatic rings. The molecule has 4 atom stereocenters. The number of rotatable bonds is 5. The molecule has 4 nitrogen and oxygen atoms in total. The van der Waals surface area contributed by atoms with Crippen molar-refractivity contribution in [2.75, 3.05) is 0 Å². The van der Waals surface area contributed by atoms with Gasteiger partial charge in [-0.05, 0) is 43.4 Å². The first-order chi connectivity index (χ1) is 10.3. The third-order valence-corrected chi connectivity index (χ3v) is 5.96. The molecule has 1 aromatic heterocycles. The van der Waals surface area contributed by atoms with E-state index in [4.69, 9.17) is 5.84 Å². The van der Waals surface area contributed by atoms with Gasteiger partial charge in [0.05, 0.1) is 0 Å². The van der Waals surface area contributed by atoms with Crippen molar-refractivity contribution in [3.63, 3.8) is 0 Å². The highest BCUT2D eigenvalue weighted by Crippen LogP contribution is 2.43. The lowest BCUT2D eigenvalue weighted by atomic mass is 9.66. The van der Waals surface area contributed by atoms with E-state index in [1.165, 1.54) is 50.8 Å². The monoisotopic (exact) mass is 290 g/mol. The molecule has 3 N–H and O–H groups in total. The average Bonchev–Trinajstić information content (AvgIpc) is 2.93. The fraction of sp³-hybridized carbons (Fsp3) is 0.824. The van der Waals surface area contributed by atoms with Gasteiger partial charge in [-0.3, -0.25) is 11.3 Å². The summed E-state index contributed by atoms with van der Waals surface area (Å²) < 4.78 is 2.12. The fourth-order valence-corrected chi connectivity index (χ4v) is 4.65. The van der Waals surface area contributed by atoms with Crippen LogP contribution in [0, 0.1) is 17.8 Å². The number of nitrogens with two attached hydrogens (primary N) is 1. The van der Waals surface area contributed by atoms with Gasteiger partial charge in [0.15, 0.2) is 0 Å². The molecular weight excluding hydrogens is 260 g/mol. The van der Waals surface area contributed by atoms with E-state index in [-0.39, 0.29) is 0 Å². The summed E-state index contributed by atoms with van der Waals surface area (Å²) in [4.78, 5) is 4.43. The number of fused-ring (bicyclic) bond motifs is 1. The maximum atomic E-state index is 5.87. The third-order valence-electron chi connectivity index (χ3n) is 5.96. The van der Waals surface area contributed by atoms with E-state index < -0.39 is 0 Å². The first-order valence-electron chi connectivity index (χ1n) is 8.70. The molecule has 0 amide bonds. The topological polar surface area (TPSA) is 55.9 Å². The number of aromatic nitrogens is 2. The number of nitrogens with zero attached hydrogens (tertiary/aromatic N) is 2. The van der Waals surface area contributed by atoms with E-state index in [9.17, 15) is 0 Å². The van der Waals surface area contributed by atoms with Gasteiger partial charge in [0.25, 0.3) is 0 Å². The van der Waals surface area contributed by atoms with E-state index >= 15 is 0 Å². The van der Waals surface area contributed by atoms with Crippen molar-refractivity contribution < 1.29 is 0 Å². The lowest BCUT2D eigenvalue weighted by Crippen LogP contribution is -2.44. The SMILES string of the molecule is Cn1ccnc1CCC(NN)C1CCC2CCCCC2C1. The van der Waals surface area contributed by atoms with Gasteiger partial charge in [0.1, 0.15) is 5.82 Å². The van der Waals surface area contributed by atoms with Crippen molar-refractivity contribution >= 4 is 0 Å². The van der Waals surface area contributed by atoms with Crippen molar-refractivity contribution in [3.8, 4) is 0 Å². The standard InChI is InChI=1S/C17H30N4/c1-21-11-10-19-17(21)9-8-16(20-18)15-7-6-13-4-2-3-5-14(13)12-15/h10-11,13-16,20H,2-9,12,18H2,1H3. The molecule has 0 aliphatic heterocycles. The molecule has 4 heteroatoms. The summed E-state index contributed by atoms with van der Waals surface area (Å²) in [5, 5.41) is 0. The van der Waals surface area contributed by atoms with Crippen molar-refractivity contribution in [3.05, 3.63) is 18.2 Å². The first-order valence-corrected chi connectivity index (χ1v) is 8.70. The van der Waals surface area contributed by atoms with Crippen LogP contribution < -0.4 is 11.3 Å². The van der Waals surface area contributed by atoms with Crippen LogP contribution in [0.5, 0.6) is 0 Å². The molecular formula is C17H30N4. The second-order valence-electron chi connectivity index (χ2n) is 7.14. The Bertz CT molecular complexity index is 442. The van der Waals surface area contributed by atoms with Crippen LogP contribution in [-0.2, 0) is 13.5 Å². The second-order valence-corrected chi connectivity index (χ2v) is 7.14. The summed E-state index contributed by atoms with van der Waals surface area (Å²) in [6, 6.07) is 0.449. The zero-order valence-electron chi connectivity index (χ0n) is 13.3. The highest BCUT2D eigenvalue weighted by molar-refractivity contribution is 4.94. The summed E-state index contributed by atoms with van der Waals surface area (Å²) in [7, 11) is 2.07. The Hall–Kier alpha value is -0.870. The minimum atomic E-state index is 0.449. The molecule has 2 aliphatic carbocycles. The summed E-state index contributed by atoms with van der Waals surface area (Å²) in [5.41, 5.74) is 3.11. The van der Waals surface area contributed by atoms with Gasteiger partial charge in [-0.1, -0.05) is 25.7 Å². The number of aryl methyl sites for hydroxylation is 2. The van der Waals surface area contributed by atoms with Crippen molar-refractivity contribution in [2.45, 2.75) is 63.8 Å². The maximum Gasteiger partial charge on any atom is 0.108 e. The zero-order valence-corrected chi connectivity index (χ0v) is 13.3. The Morgan fingerprint density at radius 1 is 1.29 bits per heavy atom. The highest BCUT2D eigenvalue weighted by atomic mass is 15.2. The van der Waals surface area contributed by atoms with Crippen LogP contribution >= 0.6 is 0 Å². The zero-order chi connectivity index (χ0) is 14.7. The van der Waals surface area contributed by atoms with Crippen LogP contribution in [0.4, 0.5) is 0 Å². The number of hydrogen-bond acceptors (Lipinski definition) is 3. The molecule has 0 bridgehead atoms. The molecule has 0 aromatic carbocycles. The Kier molecular flexibility index (Phi) is 4.96. The van der Waals surface area contributed by atoms with E-state index in [1.54, 1.807) is 0 Å². The van der Waals surface area contributed by atoms with Crippen LogP contribution in [0.2, 0.25) is 0 Å². The summed E-state index contributed by atoms with van der Waals surface area (Å²) in [6.07, 6.45) is 16.0. The summed E-state index contributed by atoms with van der Waals surface area (Å²) in [6.45, 7) is 0. The highest BCUT2D eigenvalue weighted by Gasteiger charge is 2.35. The van der Waals surface area contributed by atoms with E-state index in [0.717, 1.165) is 30.6 Å². The van der Waals surface area contributed by atoms with Crippen LogP contribution in [0.1, 0.15) is 57.2 Å². The second kappa shape index (κ2) is 6.93. The molecule has 118 valence electrons. The van der Waals surface area contributed by atoms with E-state index in [0.29, 0.717) is 6.04 Å². The van der Waals surface area contributed by atoms with Crippen LogP contribution in [0.3, 0.4) is 0 Å². The summed E-state index contributed by atoms with van der Waals surface area (Å²) in [5.74, 6) is 9.79. The smallest absolute Gasteiger partial charge is 0.108 e. The predicted octanol–water partition coefficient (Wildman–Crippen LogP) is 2.79. The first kappa shape index (κ1) is 15.0. The molecule has 0 radical (unpaired) electrons. The molecule has 1 aromatic rings. The van der Waals surface area contributed by atoms with Gasteiger partial charge in [0.2, 0.25) is 0 Å². The van der Waals surface area contributed by atoms with E-state index in [1.807, 2.05) is 12.4 Å². The third kappa shape index (κ3) is 3.49. The predicted molar refractivity (Wildman–Crippen MR) is 85.4 cm³/mol. The Morgan fingerprint density at radius 3 is 2.81 bits per heavy atom. The molecule has 4 unspecified atom stereocenters. The van der Waals surface area contributed by atoms with Crippen molar-refractivity contribution in [1.29, 1.82) is 0 Å². The molecule has 3 rings (SSSR count). The van der Waals surface area contributed by atoms with Gasteiger partial charge in [-0.2, -0.15) is 0 Å². The molecule has 21 heavy (non-hydrogen) atoms. The molecule has 0 saturated heterocycles. The van der Waals surface area contributed by atoms with Gasteiger partial charge >= 0.3 is 0 Å². The number of imidazole rings is 1. The van der Waals surface area contributed by atoms with Gasteiger partial charge in [-0.15, -0.1) is 0 Å². The molecule has 2 saturated carbocycles. The van der Waals surface area contributed by atoms with Gasteiger partial charge in [-0.25, -0.2) is 4.98 Å². The lowest BCUT2D eigenvalue weighted by molar-refractivity contribution is 0.107. The molecule has 0 spiro atoms. The number of hydrazine groups is 1. The average molecular weight is 290 g/mol. The largest absolute Gasteiger partial charge is 0.338 e. The molecule has 1 heterocycles. The minimum absolute atomic E-state index is 0.449. The van der Waals surface area contributed by atoms with Gasteiger partial charge < -0.3 is 4.57 Å². The fourth-order valence-electron chi connectivity index (χ4n) is 4.65. The Balaban J connectivity index is 1.54. The Labute approximate surface area is 128 Å². The number of hydrogen-bond donors (Lipinski definition) is 2. The Morgan fingerprint density at radius 2 is 2.10 bits per heavy atom. The van der Waals surface area contributed by atoms with E-state index in [2.05, 4.69) is 22.0 Å². The van der Waals surface area contributed by atoms with Gasteiger partial charge in [0, 0.05) is 31.9 Å². The van der Waals surface area contributed by atoms with Crippen molar-refractivity contribution in [1.82, 2.24) is 15.0 Å². The quantitative estimate of drug-likeness (QED) is 0.647. The minimum Gasteiger partial charge on any atom is -0.338 e. The normalized spacial score (nSPS) is 30.9. The van der Waals surface area contributed by atoms with Crippen LogP contribution in [-0.4, -0.2) is 15.6 Å². The number of nitrogens with one attached hydrogen (secondary N) is 1. The maximum absolute atomic E-state index is 5.87. The lowest BCUT2D eigenvalue weighted by Gasteiger charge is -2.41. The van der Waals surface area contributed by atoms with Crippen LogP contribution in [0.15, 0.2) is 12.4 Å². The van der Waals surface area contributed by atoms with Crippen LogP contribution in [0.25, 0.3) is 0 Å². The summed E-state index contributed by atoms with van der Waals surface area (Å²) >= 11 is 0. The molecule has 2 fully saturated rings.